The fourth-order valence-electron chi connectivity index (χ4n) is 2.66. The average Bonchev–Trinajstić information content (AvgIpc) is 3.27. The first kappa shape index (κ1) is 22.7. The number of nitrogens with one attached hydrogen (secondary N) is 1. The topological polar surface area (TPSA) is 180 Å². The summed E-state index contributed by atoms with van der Waals surface area (Å²) in [7, 11) is 1.43. The molecule has 0 bridgehead atoms. The lowest BCUT2D eigenvalue weighted by molar-refractivity contribution is -0.393. The smallest absolute Gasteiger partial charge is 0.371 e. The number of carbonyl (C=O) groups is 1. The van der Waals surface area contributed by atoms with Gasteiger partial charge in [0.15, 0.2) is 11.5 Å². The van der Waals surface area contributed by atoms with Crippen LogP contribution in [0.2, 0.25) is 0 Å². The Morgan fingerprint density at radius 3 is 2.55 bits per heavy atom. The van der Waals surface area contributed by atoms with Crippen LogP contribution in [0.1, 0.15) is 21.9 Å². The van der Waals surface area contributed by atoms with Gasteiger partial charge in [0.25, 0.3) is 5.69 Å². The number of methoxy groups -OCH3 is 1. The van der Waals surface area contributed by atoms with E-state index in [-0.39, 0.29) is 18.1 Å². The molecule has 3 rings (SSSR count). The molecule has 0 saturated heterocycles. The van der Waals surface area contributed by atoms with Crippen molar-refractivity contribution in [3.63, 3.8) is 0 Å². The molecule has 2 N–H and O–H groups in total. The van der Waals surface area contributed by atoms with Crippen LogP contribution in [0.25, 0.3) is 0 Å². The first-order chi connectivity index (χ1) is 15.8. The van der Waals surface area contributed by atoms with E-state index >= 15 is 0 Å². The molecule has 3 aromatic rings. The van der Waals surface area contributed by atoms with Crippen molar-refractivity contribution in [3.8, 4) is 11.5 Å². The molecule has 0 saturated carbocycles. The third kappa shape index (κ3) is 5.61. The summed E-state index contributed by atoms with van der Waals surface area (Å²) in [5.41, 5.74) is 2.12. The van der Waals surface area contributed by atoms with Gasteiger partial charge in [0.2, 0.25) is 5.76 Å². The summed E-state index contributed by atoms with van der Waals surface area (Å²) in [6.45, 7) is -0.0254. The van der Waals surface area contributed by atoms with Gasteiger partial charge in [-0.2, -0.15) is 5.10 Å². The minimum Gasteiger partial charge on any atom is -0.493 e. The number of hydrogen-bond donors (Lipinski definition) is 2. The predicted octanol–water partition coefficient (Wildman–Crippen LogP) is 3.83. The van der Waals surface area contributed by atoms with Crippen molar-refractivity contribution in [2.45, 2.75) is 6.61 Å². The quantitative estimate of drug-likeness (QED) is 0.258. The first-order valence-electron chi connectivity index (χ1n) is 9.13. The Balaban J connectivity index is 1.70. The second-order valence-corrected chi connectivity index (χ2v) is 6.36. The second-order valence-electron chi connectivity index (χ2n) is 6.36. The zero-order valence-corrected chi connectivity index (χ0v) is 17.0. The molecule has 0 amide bonds. The van der Waals surface area contributed by atoms with Crippen LogP contribution < -0.4 is 14.9 Å². The molecule has 170 valence electrons. The van der Waals surface area contributed by atoms with Gasteiger partial charge in [-0.25, -0.2) is 4.79 Å². The second kappa shape index (κ2) is 9.91. The number of carboxylic acid groups (broad SMARTS) is 1. The standard InChI is InChI=1S/C20H16N4O9/c1-31-19-8-12(2-6-17(19)32-11-14-4-7-18(33-14)20(25)26)10-21-22-15-5-3-13(23(27)28)9-16(15)24(29)30/h2-10,22H,11H2,1H3,(H,25,26). The predicted molar refractivity (Wildman–Crippen MR) is 114 cm³/mol. The molecule has 0 fully saturated rings. The summed E-state index contributed by atoms with van der Waals surface area (Å²) in [5, 5.41) is 34.8. The Morgan fingerprint density at radius 2 is 1.91 bits per heavy atom. The summed E-state index contributed by atoms with van der Waals surface area (Å²) >= 11 is 0. The lowest BCUT2D eigenvalue weighted by atomic mass is 10.2. The molecule has 0 spiro atoms. The molecule has 13 heteroatoms. The molecular formula is C20H16N4O9. The van der Waals surface area contributed by atoms with Crippen LogP contribution in [0.5, 0.6) is 11.5 Å². The monoisotopic (exact) mass is 456 g/mol. The number of nitro groups is 2. The number of non-ortho nitro benzene ring substituents is 1. The number of nitro benzene ring substituents is 2. The maximum Gasteiger partial charge on any atom is 0.371 e. The number of anilines is 1. The van der Waals surface area contributed by atoms with Gasteiger partial charge in [0.1, 0.15) is 18.1 Å². The first-order valence-corrected chi connectivity index (χ1v) is 9.13. The van der Waals surface area contributed by atoms with Crippen molar-refractivity contribution in [1.82, 2.24) is 0 Å². The Labute approximate surface area is 185 Å². The zero-order chi connectivity index (χ0) is 24.0. The number of nitrogens with zero attached hydrogens (tertiary/aromatic N) is 3. The summed E-state index contributed by atoms with van der Waals surface area (Å²) in [6.07, 6.45) is 1.36. The molecule has 33 heavy (non-hydrogen) atoms. The van der Waals surface area contributed by atoms with Crippen LogP contribution in [-0.4, -0.2) is 34.2 Å². The van der Waals surface area contributed by atoms with Crippen molar-refractivity contribution < 1.29 is 33.6 Å². The van der Waals surface area contributed by atoms with E-state index in [0.29, 0.717) is 22.8 Å². The maximum atomic E-state index is 11.2. The Kier molecular flexibility index (Phi) is 6.83. The summed E-state index contributed by atoms with van der Waals surface area (Å²) < 4.78 is 16.0. The van der Waals surface area contributed by atoms with Crippen LogP contribution in [0.3, 0.4) is 0 Å². The van der Waals surface area contributed by atoms with Gasteiger partial charge in [0, 0.05) is 6.07 Å². The molecule has 1 aromatic heterocycles. The summed E-state index contributed by atoms with van der Waals surface area (Å²) in [6, 6.07) is 10.8. The normalized spacial score (nSPS) is 10.7. The number of furan rings is 1. The van der Waals surface area contributed by atoms with E-state index in [1.165, 1.54) is 31.5 Å². The highest BCUT2D eigenvalue weighted by Crippen LogP contribution is 2.30. The van der Waals surface area contributed by atoms with Crippen LogP contribution in [0, 0.1) is 20.2 Å². The van der Waals surface area contributed by atoms with Crippen molar-refractivity contribution in [3.05, 3.63) is 85.8 Å². The van der Waals surface area contributed by atoms with E-state index in [0.717, 1.165) is 12.1 Å². The number of hydrogen-bond acceptors (Lipinski definition) is 10. The Hall–Kier alpha value is -4.94. The van der Waals surface area contributed by atoms with Gasteiger partial charge in [-0.1, -0.05) is 0 Å². The van der Waals surface area contributed by atoms with E-state index in [9.17, 15) is 25.0 Å². The van der Waals surface area contributed by atoms with Crippen molar-refractivity contribution in [2.24, 2.45) is 5.10 Å². The van der Waals surface area contributed by atoms with Gasteiger partial charge < -0.3 is 19.0 Å². The minimum atomic E-state index is -1.19. The number of carboxylic acids is 1. The van der Waals surface area contributed by atoms with Gasteiger partial charge in [-0.05, 0) is 42.0 Å². The number of hydrazone groups is 1. The van der Waals surface area contributed by atoms with Crippen molar-refractivity contribution >= 4 is 29.2 Å². The number of ether oxygens (including phenoxy) is 2. The number of aromatic carboxylic acids is 1. The molecule has 2 aromatic carbocycles. The molecule has 0 atom stereocenters. The van der Waals surface area contributed by atoms with Crippen LogP contribution in [0.15, 0.2) is 58.0 Å². The van der Waals surface area contributed by atoms with Gasteiger partial charge in [-0.15, -0.1) is 0 Å². The SMILES string of the molecule is COc1cc(C=NNc2ccc([N+](=O)[O-])cc2[N+](=O)[O-])ccc1OCc1ccc(C(=O)O)o1. The van der Waals surface area contributed by atoms with E-state index in [2.05, 4.69) is 10.5 Å². The maximum absolute atomic E-state index is 11.2. The number of benzene rings is 2. The fourth-order valence-corrected chi connectivity index (χ4v) is 2.66. The van der Waals surface area contributed by atoms with E-state index in [1.54, 1.807) is 18.2 Å². The van der Waals surface area contributed by atoms with Crippen molar-refractivity contribution in [2.75, 3.05) is 12.5 Å². The van der Waals surface area contributed by atoms with E-state index < -0.39 is 27.2 Å². The minimum absolute atomic E-state index is 0.0204. The third-order valence-electron chi connectivity index (χ3n) is 4.22. The fraction of sp³-hybridized carbons (Fsp3) is 0.100. The van der Waals surface area contributed by atoms with E-state index in [4.69, 9.17) is 19.0 Å². The highest BCUT2D eigenvalue weighted by Gasteiger charge is 2.19. The summed E-state index contributed by atoms with van der Waals surface area (Å²) in [4.78, 5) is 31.4. The lowest BCUT2D eigenvalue weighted by Crippen LogP contribution is -1.99. The molecule has 0 aliphatic carbocycles. The number of rotatable bonds is 10. The van der Waals surface area contributed by atoms with Crippen LogP contribution >= 0.6 is 0 Å². The Morgan fingerprint density at radius 1 is 1.12 bits per heavy atom. The molecule has 0 aliphatic heterocycles. The molecule has 0 radical (unpaired) electrons. The largest absolute Gasteiger partial charge is 0.493 e. The summed E-state index contributed by atoms with van der Waals surface area (Å²) in [5.74, 6) is -0.357. The van der Waals surface area contributed by atoms with E-state index in [1.807, 2.05) is 0 Å². The third-order valence-corrected chi connectivity index (χ3v) is 4.22. The van der Waals surface area contributed by atoms with Gasteiger partial charge in [-0.3, -0.25) is 25.7 Å². The molecule has 0 aliphatic rings. The highest BCUT2D eigenvalue weighted by molar-refractivity contribution is 5.84. The van der Waals surface area contributed by atoms with Gasteiger partial charge in [0.05, 0.1) is 29.2 Å². The van der Waals surface area contributed by atoms with Crippen molar-refractivity contribution in [1.29, 1.82) is 0 Å². The molecule has 0 unspecified atom stereocenters. The van der Waals surface area contributed by atoms with Gasteiger partial charge >= 0.3 is 11.7 Å². The highest BCUT2D eigenvalue weighted by atomic mass is 16.6. The Bertz CT molecular complexity index is 1240. The lowest BCUT2D eigenvalue weighted by Gasteiger charge is -2.10. The molecular weight excluding hydrogens is 440 g/mol. The average molecular weight is 456 g/mol. The molecule has 1 heterocycles. The van der Waals surface area contributed by atoms with Crippen LogP contribution in [0.4, 0.5) is 17.1 Å². The van der Waals surface area contributed by atoms with Crippen LogP contribution in [-0.2, 0) is 6.61 Å². The molecule has 13 nitrogen and oxygen atoms in total. The zero-order valence-electron chi connectivity index (χ0n) is 17.0.